The summed E-state index contributed by atoms with van der Waals surface area (Å²) in [6.07, 6.45) is 4.52. The van der Waals surface area contributed by atoms with Gasteiger partial charge in [-0.05, 0) is 38.3 Å². The van der Waals surface area contributed by atoms with Gasteiger partial charge >= 0.3 is 0 Å². The first kappa shape index (κ1) is 11.4. The van der Waals surface area contributed by atoms with Crippen LogP contribution < -0.4 is 5.32 Å². The molecule has 2 aromatic rings. The minimum Gasteiger partial charge on any atom is -0.301 e. The van der Waals surface area contributed by atoms with Crippen LogP contribution in [-0.2, 0) is 0 Å². The monoisotopic (exact) mass is 264 g/mol. The van der Waals surface area contributed by atoms with Crippen molar-refractivity contribution in [3.8, 4) is 0 Å². The molecule has 0 spiro atoms. The van der Waals surface area contributed by atoms with Gasteiger partial charge in [-0.1, -0.05) is 0 Å². The second-order valence-electron chi connectivity index (χ2n) is 4.61. The molecule has 90 valence electrons. The molecule has 2 heterocycles. The Kier molecular flexibility index (Phi) is 3.03. The van der Waals surface area contributed by atoms with Gasteiger partial charge in [-0.2, -0.15) is 0 Å². The lowest BCUT2D eigenvalue weighted by molar-refractivity contribution is 0.597. The van der Waals surface area contributed by atoms with E-state index in [1.807, 2.05) is 17.5 Å². The third kappa shape index (κ3) is 2.44. The van der Waals surface area contributed by atoms with Gasteiger partial charge in [-0.25, -0.2) is 4.98 Å². The van der Waals surface area contributed by atoms with Crippen molar-refractivity contribution in [2.24, 2.45) is 0 Å². The van der Waals surface area contributed by atoms with Crippen LogP contribution in [0.1, 0.15) is 39.2 Å². The number of thiophene rings is 1. The summed E-state index contributed by atoms with van der Waals surface area (Å²) >= 11 is 3.62. The fourth-order valence-corrected chi connectivity index (χ4v) is 3.77. The summed E-state index contributed by atoms with van der Waals surface area (Å²) in [5.74, 6) is 0. The fourth-order valence-electron chi connectivity index (χ4n) is 2.09. The number of nitrogens with zero attached hydrogens (tertiary/aromatic N) is 1. The van der Waals surface area contributed by atoms with E-state index in [0.29, 0.717) is 12.1 Å². The second kappa shape index (κ2) is 4.52. The predicted octanol–water partition coefficient (Wildman–Crippen LogP) is 3.66. The van der Waals surface area contributed by atoms with Gasteiger partial charge in [0.25, 0.3) is 0 Å². The molecular weight excluding hydrogens is 248 g/mol. The number of nitrogens with one attached hydrogen (secondary N) is 1. The standard InChI is InChI=1S/C13H16N2S2/c1-8-7-11(9(2)17-8)12(15-10-3-4-10)13-14-5-6-16-13/h5-7,10,12,15H,3-4H2,1-2H3. The summed E-state index contributed by atoms with van der Waals surface area (Å²) in [7, 11) is 0. The minimum absolute atomic E-state index is 0.299. The van der Waals surface area contributed by atoms with Gasteiger partial charge < -0.3 is 5.32 Å². The van der Waals surface area contributed by atoms with Crippen molar-refractivity contribution < 1.29 is 0 Å². The normalized spacial score (nSPS) is 17.3. The Balaban J connectivity index is 1.94. The first-order chi connectivity index (χ1) is 8.24. The summed E-state index contributed by atoms with van der Waals surface area (Å²) in [6, 6.07) is 3.30. The van der Waals surface area contributed by atoms with Crippen LogP contribution in [0.4, 0.5) is 0 Å². The first-order valence-corrected chi connectivity index (χ1v) is 7.66. The second-order valence-corrected chi connectivity index (χ2v) is 7.00. The zero-order chi connectivity index (χ0) is 11.8. The molecule has 17 heavy (non-hydrogen) atoms. The summed E-state index contributed by atoms with van der Waals surface area (Å²) in [4.78, 5) is 7.28. The summed E-state index contributed by atoms with van der Waals surface area (Å²) in [5.41, 5.74) is 1.41. The maximum absolute atomic E-state index is 4.48. The number of thiazole rings is 1. The molecule has 0 radical (unpaired) electrons. The molecule has 0 amide bonds. The highest BCUT2D eigenvalue weighted by molar-refractivity contribution is 7.12. The molecule has 1 N–H and O–H groups in total. The van der Waals surface area contributed by atoms with Crippen molar-refractivity contribution in [3.63, 3.8) is 0 Å². The van der Waals surface area contributed by atoms with Crippen molar-refractivity contribution in [1.82, 2.24) is 10.3 Å². The lowest BCUT2D eigenvalue weighted by Gasteiger charge is -2.16. The van der Waals surface area contributed by atoms with E-state index in [1.54, 1.807) is 11.3 Å². The third-order valence-electron chi connectivity index (χ3n) is 3.07. The molecule has 0 aliphatic heterocycles. The van der Waals surface area contributed by atoms with Crippen molar-refractivity contribution >= 4 is 22.7 Å². The Hall–Kier alpha value is -0.710. The van der Waals surface area contributed by atoms with Gasteiger partial charge in [0.2, 0.25) is 0 Å². The van der Waals surface area contributed by atoms with E-state index < -0.39 is 0 Å². The zero-order valence-corrected chi connectivity index (χ0v) is 11.7. The van der Waals surface area contributed by atoms with Crippen molar-refractivity contribution in [2.45, 2.75) is 38.8 Å². The van der Waals surface area contributed by atoms with Crippen LogP contribution in [0.25, 0.3) is 0 Å². The quantitative estimate of drug-likeness (QED) is 0.911. The highest BCUT2D eigenvalue weighted by Gasteiger charge is 2.28. The maximum atomic E-state index is 4.48. The van der Waals surface area contributed by atoms with E-state index >= 15 is 0 Å². The highest BCUT2D eigenvalue weighted by atomic mass is 32.1. The molecule has 1 fully saturated rings. The van der Waals surface area contributed by atoms with E-state index in [-0.39, 0.29) is 0 Å². The van der Waals surface area contributed by atoms with E-state index in [4.69, 9.17) is 0 Å². The summed E-state index contributed by atoms with van der Waals surface area (Å²) < 4.78 is 0. The molecule has 2 aromatic heterocycles. The SMILES string of the molecule is Cc1cc(C(NC2CC2)c2nccs2)c(C)s1. The Morgan fingerprint density at radius 3 is 2.76 bits per heavy atom. The maximum Gasteiger partial charge on any atom is 0.114 e. The average molecular weight is 264 g/mol. The van der Waals surface area contributed by atoms with Gasteiger partial charge in [0.15, 0.2) is 0 Å². The van der Waals surface area contributed by atoms with Gasteiger partial charge in [0.05, 0.1) is 6.04 Å². The molecule has 0 saturated heterocycles. The number of aromatic nitrogens is 1. The van der Waals surface area contributed by atoms with Crippen LogP contribution in [0.15, 0.2) is 17.6 Å². The minimum atomic E-state index is 0.299. The molecule has 4 heteroatoms. The molecule has 2 nitrogen and oxygen atoms in total. The first-order valence-electron chi connectivity index (χ1n) is 5.96. The summed E-state index contributed by atoms with van der Waals surface area (Å²) in [6.45, 7) is 4.39. The summed E-state index contributed by atoms with van der Waals surface area (Å²) in [5, 5.41) is 6.97. The van der Waals surface area contributed by atoms with Crippen molar-refractivity contribution in [3.05, 3.63) is 38.0 Å². The van der Waals surface area contributed by atoms with E-state index in [2.05, 4.69) is 35.6 Å². The number of rotatable bonds is 4. The van der Waals surface area contributed by atoms with Crippen LogP contribution >= 0.6 is 22.7 Å². The van der Waals surface area contributed by atoms with Crippen molar-refractivity contribution in [1.29, 1.82) is 0 Å². The van der Waals surface area contributed by atoms with Gasteiger partial charge in [-0.15, -0.1) is 22.7 Å². The predicted molar refractivity (Wildman–Crippen MR) is 73.9 cm³/mol. The Morgan fingerprint density at radius 1 is 1.41 bits per heavy atom. The zero-order valence-electron chi connectivity index (χ0n) is 10.1. The Bertz CT molecular complexity index is 497. The number of aryl methyl sites for hydroxylation is 2. The Morgan fingerprint density at radius 2 is 2.24 bits per heavy atom. The topological polar surface area (TPSA) is 24.9 Å². The highest BCUT2D eigenvalue weighted by Crippen LogP contribution is 2.34. The largest absolute Gasteiger partial charge is 0.301 e. The van der Waals surface area contributed by atoms with Crippen LogP contribution in [0.2, 0.25) is 0 Å². The van der Waals surface area contributed by atoms with E-state index in [0.717, 1.165) is 0 Å². The molecule has 1 atom stereocenters. The molecule has 1 aliphatic carbocycles. The average Bonchev–Trinajstić information content (AvgIpc) is 2.83. The van der Waals surface area contributed by atoms with Crippen molar-refractivity contribution in [2.75, 3.05) is 0 Å². The molecular formula is C13H16N2S2. The lowest BCUT2D eigenvalue weighted by Crippen LogP contribution is -2.24. The number of hydrogen-bond donors (Lipinski definition) is 1. The molecule has 0 aromatic carbocycles. The molecule has 1 unspecified atom stereocenters. The molecule has 1 aliphatic rings. The molecule has 1 saturated carbocycles. The number of hydrogen-bond acceptors (Lipinski definition) is 4. The van der Waals surface area contributed by atoms with Gasteiger partial charge in [0, 0.05) is 27.4 Å². The molecule has 0 bridgehead atoms. The van der Waals surface area contributed by atoms with E-state index in [1.165, 1.54) is 33.2 Å². The van der Waals surface area contributed by atoms with Gasteiger partial charge in [-0.3, -0.25) is 0 Å². The van der Waals surface area contributed by atoms with Crippen LogP contribution in [0, 0.1) is 13.8 Å². The van der Waals surface area contributed by atoms with Crippen LogP contribution in [-0.4, -0.2) is 11.0 Å². The molecule has 3 rings (SSSR count). The van der Waals surface area contributed by atoms with E-state index in [9.17, 15) is 0 Å². The van der Waals surface area contributed by atoms with Crippen LogP contribution in [0.5, 0.6) is 0 Å². The van der Waals surface area contributed by atoms with Gasteiger partial charge in [0.1, 0.15) is 5.01 Å². The Labute approximate surface area is 110 Å². The fraction of sp³-hybridized carbons (Fsp3) is 0.462. The smallest absolute Gasteiger partial charge is 0.114 e. The third-order valence-corrected chi connectivity index (χ3v) is 4.89. The van der Waals surface area contributed by atoms with Crippen LogP contribution in [0.3, 0.4) is 0 Å². The lowest BCUT2D eigenvalue weighted by atomic mass is 10.1.